The Labute approximate surface area is 104 Å². The molecule has 0 spiro atoms. The van der Waals surface area contributed by atoms with Crippen LogP contribution in [0.15, 0.2) is 0 Å². The summed E-state index contributed by atoms with van der Waals surface area (Å²) in [5.74, 6) is -1.52. The molecular weight excluding hydrogens is 240 g/mol. The van der Waals surface area contributed by atoms with Crippen LogP contribution in [0.25, 0.3) is 0 Å². The first-order chi connectivity index (χ1) is 8.56. The highest BCUT2D eigenvalue weighted by atomic mass is 16.5. The maximum atomic E-state index is 11.5. The van der Waals surface area contributed by atoms with E-state index in [0.717, 1.165) is 0 Å². The van der Waals surface area contributed by atoms with Crippen LogP contribution in [0, 0.1) is 0 Å². The van der Waals surface area contributed by atoms with Gasteiger partial charge in [0.05, 0.1) is 12.1 Å². The van der Waals surface area contributed by atoms with Crippen LogP contribution in [0.4, 0.5) is 0 Å². The highest BCUT2D eigenvalue weighted by molar-refractivity contribution is 6.00. The molecule has 0 aliphatic carbocycles. The zero-order chi connectivity index (χ0) is 13.1. The predicted octanol–water partition coefficient (Wildman–Crippen LogP) is -0.987. The fraction of sp³-hybridized carbons (Fsp3) is 0.727. The Hall–Kier alpha value is -1.47. The van der Waals surface area contributed by atoms with Crippen molar-refractivity contribution in [1.29, 1.82) is 0 Å². The summed E-state index contributed by atoms with van der Waals surface area (Å²) in [5.41, 5.74) is 0. The van der Waals surface area contributed by atoms with Gasteiger partial charge in [0.15, 0.2) is 6.10 Å². The average Bonchev–Trinajstić information content (AvgIpc) is 2.76. The van der Waals surface area contributed by atoms with Crippen molar-refractivity contribution in [3.05, 3.63) is 0 Å². The number of ether oxygens (including phenoxy) is 1. The lowest BCUT2D eigenvalue weighted by Gasteiger charge is -2.23. The van der Waals surface area contributed by atoms with Gasteiger partial charge in [-0.3, -0.25) is 14.9 Å². The molecule has 2 rings (SSSR count). The number of carboxylic acids is 1. The van der Waals surface area contributed by atoms with Gasteiger partial charge in [0.25, 0.3) is 0 Å². The van der Waals surface area contributed by atoms with E-state index in [2.05, 4.69) is 10.6 Å². The van der Waals surface area contributed by atoms with Crippen LogP contribution in [0.2, 0.25) is 0 Å². The summed E-state index contributed by atoms with van der Waals surface area (Å²) >= 11 is 0. The Morgan fingerprint density at radius 1 is 1.39 bits per heavy atom. The monoisotopic (exact) mass is 256 g/mol. The van der Waals surface area contributed by atoms with E-state index in [0.29, 0.717) is 32.2 Å². The predicted molar refractivity (Wildman–Crippen MR) is 59.7 cm³/mol. The number of amides is 2. The summed E-state index contributed by atoms with van der Waals surface area (Å²) in [6, 6.07) is -0.393. The number of piperidine rings is 1. The van der Waals surface area contributed by atoms with Gasteiger partial charge in [-0.2, -0.15) is 0 Å². The SMILES string of the molecule is O=C1CCC(NCC2CCC(C(=O)O)O2)C(=O)N1. The summed E-state index contributed by atoms with van der Waals surface area (Å²) in [7, 11) is 0. The van der Waals surface area contributed by atoms with Gasteiger partial charge in [-0.1, -0.05) is 0 Å². The van der Waals surface area contributed by atoms with Gasteiger partial charge in [-0.25, -0.2) is 4.79 Å². The molecule has 3 N–H and O–H groups in total. The zero-order valence-electron chi connectivity index (χ0n) is 9.85. The van der Waals surface area contributed by atoms with Crippen molar-refractivity contribution in [2.45, 2.75) is 43.9 Å². The average molecular weight is 256 g/mol. The van der Waals surface area contributed by atoms with Crippen LogP contribution < -0.4 is 10.6 Å². The molecule has 0 saturated carbocycles. The second-order valence-electron chi connectivity index (χ2n) is 4.57. The number of rotatable bonds is 4. The van der Waals surface area contributed by atoms with Crippen molar-refractivity contribution >= 4 is 17.8 Å². The Morgan fingerprint density at radius 3 is 2.78 bits per heavy atom. The minimum absolute atomic E-state index is 0.184. The highest BCUT2D eigenvalue weighted by Gasteiger charge is 2.32. The summed E-state index contributed by atoms with van der Waals surface area (Å²) in [4.78, 5) is 33.1. The lowest BCUT2D eigenvalue weighted by molar-refractivity contribution is -0.149. The molecule has 2 aliphatic rings. The van der Waals surface area contributed by atoms with Gasteiger partial charge in [0, 0.05) is 13.0 Å². The number of imide groups is 1. The topological polar surface area (TPSA) is 105 Å². The van der Waals surface area contributed by atoms with Gasteiger partial charge in [0.1, 0.15) is 0 Å². The third-order valence-electron chi connectivity index (χ3n) is 3.21. The number of hydrogen-bond acceptors (Lipinski definition) is 5. The molecule has 100 valence electrons. The quantitative estimate of drug-likeness (QED) is 0.558. The third kappa shape index (κ3) is 3.05. The molecule has 2 heterocycles. The summed E-state index contributed by atoms with van der Waals surface area (Å²) < 4.78 is 5.31. The van der Waals surface area contributed by atoms with Crippen LogP contribution in [0.5, 0.6) is 0 Å². The number of nitrogens with one attached hydrogen (secondary N) is 2. The number of aliphatic carboxylic acids is 1. The molecule has 7 nitrogen and oxygen atoms in total. The second-order valence-corrected chi connectivity index (χ2v) is 4.57. The van der Waals surface area contributed by atoms with Crippen LogP contribution in [-0.4, -0.2) is 47.7 Å². The molecule has 2 amide bonds. The van der Waals surface area contributed by atoms with E-state index in [1.807, 2.05) is 0 Å². The maximum absolute atomic E-state index is 11.5. The lowest BCUT2D eigenvalue weighted by atomic mass is 10.1. The highest BCUT2D eigenvalue weighted by Crippen LogP contribution is 2.19. The first kappa shape index (κ1) is 13.0. The zero-order valence-corrected chi connectivity index (χ0v) is 9.85. The fourth-order valence-electron chi connectivity index (χ4n) is 2.20. The number of hydrogen-bond donors (Lipinski definition) is 3. The van der Waals surface area contributed by atoms with Gasteiger partial charge >= 0.3 is 5.97 Å². The van der Waals surface area contributed by atoms with E-state index in [-0.39, 0.29) is 17.9 Å². The molecular formula is C11H16N2O5. The molecule has 18 heavy (non-hydrogen) atoms. The minimum atomic E-state index is -0.946. The second kappa shape index (κ2) is 5.45. The van der Waals surface area contributed by atoms with E-state index in [1.54, 1.807) is 0 Å². The molecule has 0 aromatic carbocycles. The third-order valence-corrected chi connectivity index (χ3v) is 3.21. The summed E-state index contributed by atoms with van der Waals surface area (Å²) in [5, 5.41) is 14.0. The lowest BCUT2D eigenvalue weighted by Crippen LogP contribution is -2.52. The molecule has 0 aromatic heterocycles. The van der Waals surface area contributed by atoms with Crippen molar-refractivity contribution in [3.63, 3.8) is 0 Å². The molecule has 7 heteroatoms. The van der Waals surface area contributed by atoms with Crippen molar-refractivity contribution in [2.75, 3.05) is 6.54 Å². The normalized spacial score (nSPS) is 32.3. The standard InChI is InChI=1S/C11H16N2O5/c14-9-4-2-7(10(15)13-9)12-5-6-1-3-8(18-6)11(16)17/h6-8,12H,1-5H2,(H,16,17)(H,13,14,15). The molecule has 2 fully saturated rings. The molecule has 3 atom stereocenters. The van der Waals surface area contributed by atoms with E-state index in [9.17, 15) is 14.4 Å². The van der Waals surface area contributed by atoms with Crippen molar-refractivity contribution in [3.8, 4) is 0 Å². The minimum Gasteiger partial charge on any atom is -0.479 e. The summed E-state index contributed by atoms with van der Waals surface area (Å²) in [6.07, 6.45) is 1.04. The Bertz CT molecular complexity index is 370. The molecule has 3 unspecified atom stereocenters. The first-order valence-electron chi connectivity index (χ1n) is 6.01. The van der Waals surface area contributed by atoms with E-state index < -0.39 is 18.1 Å². The molecule has 0 aromatic rings. The van der Waals surface area contributed by atoms with E-state index in [4.69, 9.17) is 9.84 Å². The van der Waals surface area contributed by atoms with Crippen LogP contribution in [0.1, 0.15) is 25.7 Å². The smallest absolute Gasteiger partial charge is 0.332 e. The number of carboxylic acid groups (broad SMARTS) is 1. The van der Waals surface area contributed by atoms with Gasteiger partial charge < -0.3 is 15.2 Å². The van der Waals surface area contributed by atoms with Crippen molar-refractivity contribution < 1.29 is 24.2 Å². The Morgan fingerprint density at radius 2 is 2.17 bits per heavy atom. The van der Waals surface area contributed by atoms with Gasteiger partial charge in [-0.05, 0) is 19.3 Å². The van der Waals surface area contributed by atoms with Crippen molar-refractivity contribution in [1.82, 2.24) is 10.6 Å². The van der Waals surface area contributed by atoms with Crippen molar-refractivity contribution in [2.24, 2.45) is 0 Å². The molecule has 0 bridgehead atoms. The molecule has 0 radical (unpaired) electrons. The van der Waals surface area contributed by atoms with E-state index >= 15 is 0 Å². The largest absolute Gasteiger partial charge is 0.479 e. The van der Waals surface area contributed by atoms with Crippen LogP contribution in [0.3, 0.4) is 0 Å². The van der Waals surface area contributed by atoms with Gasteiger partial charge in [0.2, 0.25) is 11.8 Å². The summed E-state index contributed by atoms with van der Waals surface area (Å²) in [6.45, 7) is 0.427. The molecule has 2 saturated heterocycles. The molecule has 2 aliphatic heterocycles. The van der Waals surface area contributed by atoms with Gasteiger partial charge in [-0.15, -0.1) is 0 Å². The fourth-order valence-corrected chi connectivity index (χ4v) is 2.20. The Kier molecular flexibility index (Phi) is 3.93. The number of carbonyl (C=O) groups excluding carboxylic acids is 2. The maximum Gasteiger partial charge on any atom is 0.332 e. The van der Waals surface area contributed by atoms with Crippen LogP contribution in [-0.2, 0) is 19.1 Å². The Balaban J connectivity index is 1.74. The van der Waals surface area contributed by atoms with E-state index in [1.165, 1.54) is 0 Å². The first-order valence-corrected chi connectivity index (χ1v) is 6.01. The van der Waals surface area contributed by atoms with Crippen LogP contribution >= 0.6 is 0 Å². The number of carbonyl (C=O) groups is 3.